The lowest BCUT2D eigenvalue weighted by Gasteiger charge is -2.32. The van der Waals surface area contributed by atoms with E-state index in [2.05, 4.69) is 10.1 Å². The molecular weight excluding hydrogens is 300 g/mol. The van der Waals surface area contributed by atoms with Crippen molar-refractivity contribution in [3.05, 3.63) is 23.5 Å². The number of carbonyl (C=O) groups excluding carboxylic acids is 1. The Morgan fingerprint density at radius 3 is 3.14 bits per heavy atom. The summed E-state index contributed by atoms with van der Waals surface area (Å²) in [4.78, 5) is 18.9. The molecule has 118 valence electrons. The lowest BCUT2D eigenvalue weighted by atomic mass is 10.1. The summed E-state index contributed by atoms with van der Waals surface area (Å²) in [6.07, 6.45) is 5.82. The number of hydrogen-bond acceptors (Lipinski definition) is 5. The van der Waals surface area contributed by atoms with Crippen molar-refractivity contribution < 1.29 is 9.53 Å². The molecule has 0 radical (unpaired) electrons. The quantitative estimate of drug-likeness (QED) is 0.866. The van der Waals surface area contributed by atoms with Crippen LogP contribution in [0.15, 0.2) is 17.8 Å². The van der Waals surface area contributed by atoms with Crippen LogP contribution in [0.1, 0.15) is 30.3 Å². The molecule has 3 rings (SSSR count). The average molecular weight is 320 g/mol. The SMILES string of the molecule is CCOC1CCCN(C(=O)c2csc(-c3cnn(C)c3)n2)C1. The third-order valence-corrected chi connectivity index (χ3v) is 4.63. The highest BCUT2D eigenvalue weighted by Gasteiger charge is 2.26. The van der Waals surface area contributed by atoms with Crippen molar-refractivity contribution in [3.8, 4) is 10.6 Å². The molecule has 2 aromatic rings. The molecule has 0 bridgehead atoms. The van der Waals surface area contributed by atoms with E-state index in [0.29, 0.717) is 18.8 Å². The molecule has 0 saturated carbocycles. The third kappa shape index (κ3) is 3.20. The van der Waals surface area contributed by atoms with Crippen LogP contribution in [0.25, 0.3) is 10.6 Å². The molecule has 1 saturated heterocycles. The van der Waals surface area contributed by atoms with Gasteiger partial charge in [0, 0.05) is 43.9 Å². The predicted molar refractivity (Wildman–Crippen MR) is 84.9 cm³/mol. The van der Waals surface area contributed by atoms with Gasteiger partial charge in [-0.3, -0.25) is 9.48 Å². The van der Waals surface area contributed by atoms with E-state index in [1.165, 1.54) is 11.3 Å². The van der Waals surface area contributed by atoms with E-state index in [-0.39, 0.29) is 12.0 Å². The Hall–Kier alpha value is -1.73. The molecule has 0 spiro atoms. The average Bonchev–Trinajstić information content (AvgIpc) is 3.16. The maximum absolute atomic E-state index is 12.6. The number of amides is 1. The standard InChI is InChI=1S/C15H20N4O2S/c1-3-21-12-5-4-6-19(9-12)15(20)13-10-22-14(17-13)11-7-16-18(2)8-11/h7-8,10,12H,3-6,9H2,1-2H3. The van der Waals surface area contributed by atoms with Crippen LogP contribution in [0.2, 0.25) is 0 Å². The van der Waals surface area contributed by atoms with Crippen molar-refractivity contribution >= 4 is 17.2 Å². The van der Waals surface area contributed by atoms with Crippen LogP contribution in [0.4, 0.5) is 0 Å². The Morgan fingerprint density at radius 2 is 2.41 bits per heavy atom. The minimum absolute atomic E-state index is 0.00390. The van der Waals surface area contributed by atoms with E-state index in [1.807, 2.05) is 30.4 Å². The fraction of sp³-hybridized carbons (Fsp3) is 0.533. The Bertz CT molecular complexity index is 650. The fourth-order valence-corrected chi connectivity index (χ4v) is 3.46. The monoisotopic (exact) mass is 320 g/mol. The number of aromatic nitrogens is 3. The van der Waals surface area contributed by atoms with Gasteiger partial charge in [0.15, 0.2) is 0 Å². The lowest BCUT2D eigenvalue weighted by molar-refractivity contribution is 0.00706. The highest BCUT2D eigenvalue weighted by Crippen LogP contribution is 2.24. The van der Waals surface area contributed by atoms with Crippen LogP contribution in [0.3, 0.4) is 0 Å². The van der Waals surface area contributed by atoms with Gasteiger partial charge in [-0.1, -0.05) is 0 Å². The first-order chi connectivity index (χ1) is 10.7. The molecule has 0 N–H and O–H groups in total. The van der Waals surface area contributed by atoms with Gasteiger partial charge in [0.1, 0.15) is 10.7 Å². The Balaban J connectivity index is 1.71. The number of hydrogen-bond donors (Lipinski definition) is 0. The Morgan fingerprint density at radius 1 is 1.55 bits per heavy atom. The van der Waals surface area contributed by atoms with Gasteiger partial charge in [-0.25, -0.2) is 4.98 Å². The van der Waals surface area contributed by atoms with E-state index in [9.17, 15) is 4.79 Å². The first kappa shape index (κ1) is 15.2. The summed E-state index contributed by atoms with van der Waals surface area (Å²) in [5.41, 5.74) is 1.46. The number of likely N-dealkylation sites (tertiary alicyclic amines) is 1. The third-order valence-electron chi connectivity index (χ3n) is 3.74. The topological polar surface area (TPSA) is 60.2 Å². The second-order valence-electron chi connectivity index (χ2n) is 5.41. The zero-order valence-electron chi connectivity index (χ0n) is 12.9. The molecule has 1 amide bonds. The predicted octanol–water partition coefficient (Wildman–Crippen LogP) is 2.18. The minimum Gasteiger partial charge on any atom is -0.377 e. The van der Waals surface area contributed by atoms with Gasteiger partial charge in [0.2, 0.25) is 0 Å². The van der Waals surface area contributed by atoms with E-state index in [1.54, 1.807) is 10.9 Å². The van der Waals surface area contributed by atoms with Crippen LogP contribution >= 0.6 is 11.3 Å². The summed E-state index contributed by atoms with van der Waals surface area (Å²) < 4.78 is 7.39. The summed E-state index contributed by atoms with van der Waals surface area (Å²) in [6, 6.07) is 0. The van der Waals surface area contributed by atoms with Crippen molar-refractivity contribution in [3.63, 3.8) is 0 Å². The molecule has 0 aliphatic carbocycles. The minimum atomic E-state index is -0.00390. The summed E-state index contributed by atoms with van der Waals surface area (Å²) >= 11 is 1.48. The van der Waals surface area contributed by atoms with Crippen molar-refractivity contribution in [2.45, 2.75) is 25.9 Å². The Labute approximate surface area is 133 Å². The molecule has 1 fully saturated rings. The van der Waals surface area contributed by atoms with E-state index in [0.717, 1.165) is 30.0 Å². The normalized spacial score (nSPS) is 18.6. The van der Waals surface area contributed by atoms with Crippen molar-refractivity contribution in [1.82, 2.24) is 19.7 Å². The first-order valence-electron chi connectivity index (χ1n) is 7.52. The maximum atomic E-state index is 12.6. The zero-order valence-corrected chi connectivity index (χ0v) is 13.7. The van der Waals surface area contributed by atoms with Gasteiger partial charge >= 0.3 is 0 Å². The van der Waals surface area contributed by atoms with Crippen LogP contribution in [-0.2, 0) is 11.8 Å². The smallest absolute Gasteiger partial charge is 0.273 e. The number of rotatable bonds is 4. The molecular formula is C15H20N4O2S. The second kappa shape index (κ2) is 6.58. The number of piperidine rings is 1. The van der Waals surface area contributed by atoms with Crippen LogP contribution in [0.5, 0.6) is 0 Å². The molecule has 6 nitrogen and oxygen atoms in total. The number of nitrogens with zero attached hydrogens (tertiary/aromatic N) is 4. The summed E-state index contributed by atoms with van der Waals surface area (Å²) in [7, 11) is 1.87. The maximum Gasteiger partial charge on any atom is 0.273 e. The number of ether oxygens (including phenoxy) is 1. The fourth-order valence-electron chi connectivity index (χ4n) is 2.69. The summed E-state index contributed by atoms with van der Waals surface area (Å²) in [5, 5.41) is 6.80. The van der Waals surface area contributed by atoms with Gasteiger partial charge < -0.3 is 9.64 Å². The van der Waals surface area contributed by atoms with Crippen LogP contribution in [-0.4, -0.2) is 51.4 Å². The number of aryl methyl sites for hydroxylation is 1. The molecule has 1 aliphatic rings. The van der Waals surface area contributed by atoms with Gasteiger partial charge in [-0.2, -0.15) is 5.10 Å². The lowest BCUT2D eigenvalue weighted by Crippen LogP contribution is -2.43. The summed E-state index contributed by atoms with van der Waals surface area (Å²) in [5.74, 6) is -0.00390. The van der Waals surface area contributed by atoms with Crippen molar-refractivity contribution in [1.29, 1.82) is 0 Å². The molecule has 2 aromatic heterocycles. The van der Waals surface area contributed by atoms with Gasteiger partial charge in [0.05, 0.1) is 12.3 Å². The number of thiazole rings is 1. The van der Waals surface area contributed by atoms with E-state index in [4.69, 9.17) is 4.74 Å². The van der Waals surface area contributed by atoms with Crippen LogP contribution in [0, 0.1) is 0 Å². The molecule has 1 aliphatic heterocycles. The highest BCUT2D eigenvalue weighted by atomic mass is 32.1. The Kier molecular flexibility index (Phi) is 4.54. The van der Waals surface area contributed by atoms with E-state index >= 15 is 0 Å². The largest absolute Gasteiger partial charge is 0.377 e. The molecule has 1 unspecified atom stereocenters. The van der Waals surface area contributed by atoms with Crippen LogP contribution < -0.4 is 0 Å². The summed E-state index contributed by atoms with van der Waals surface area (Å²) in [6.45, 7) is 4.12. The highest BCUT2D eigenvalue weighted by molar-refractivity contribution is 7.13. The van der Waals surface area contributed by atoms with Crippen molar-refractivity contribution in [2.75, 3.05) is 19.7 Å². The van der Waals surface area contributed by atoms with Crippen molar-refractivity contribution in [2.24, 2.45) is 7.05 Å². The van der Waals surface area contributed by atoms with Gasteiger partial charge in [-0.15, -0.1) is 11.3 Å². The molecule has 22 heavy (non-hydrogen) atoms. The van der Waals surface area contributed by atoms with Gasteiger partial charge in [0.25, 0.3) is 5.91 Å². The molecule has 3 heterocycles. The molecule has 7 heteroatoms. The zero-order chi connectivity index (χ0) is 15.5. The van der Waals surface area contributed by atoms with E-state index < -0.39 is 0 Å². The number of carbonyl (C=O) groups is 1. The van der Waals surface area contributed by atoms with Gasteiger partial charge in [-0.05, 0) is 19.8 Å². The molecule has 1 atom stereocenters. The second-order valence-corrected chi connectivity index (χ2v) is 6.27. The molecule has 0 aromatic carbocycles. The first-order valence-corrected chi connectivity index (χ1v) is 8.40.